The van der Waals surface area contributed by atoms with Crippen LogP contribution in [0.1, 0.15) is 6.42 Å². The minimum absolute atomic E-state index is 0.125. The van der Waals surface area contributed by atoms with Gasteiger partial charge in [0.25, 0.3) is 0 Å². The summed E-state index contributed by atoms with van der Waals surface area (Å²) in [5.74, 6) is -0.972. The molecule has 0 aromatic heterocycles. The number of allylic oxidation sites excluding steroid dienone is 3. The molecule has 2 amide bonds. The van der Waals surface area contributed by atoms with Crippen LogP contribution in [0.4, 0.5) is 0 Å². The maximum atomic E-state index is 11.8. The highest BCUT2D eigenvalue weighted by atomic mass is 16.2. The van der Waals surface area contributed by atoms with Crippen molar-refractivity contribution in [2.75, 3.05) is 13.6 Å². The third kappa shape index (κ3) is 2.59. The first-order chi connectivity index (χ1) is 7.60. The molecular weight excluding hydrogens is 204 g/mol. The van der Waals surface area contributed by atoms with E-state index in [9.17, 15) is 9.59 Å². The molecule has 1 rings (SSSR count). The highest BCUT2D eigenvalue weighted by molar-refractivity contribution is 6.02. The molecule has 0 aliphatic carbocycles. The molecule has 1 aliphatic heterocycles. The molecule has 0 saturated carbocycles. The van der Waals surface area contributed by atoms with E-state index in [4.69, 9.17) is 0 Å². The van der Waals surface area contributed by atoms with Crippen molar-refractivity contribution in [1.29, 1.82) is 0 Å². The van der Waals surface area contributed by atoms with Crippen LogP contribution < -0.4 is 5.32 Å². The summed E-state index contributed by atoms with van der Waals surface area (Å²) in [6.45, 7) is 7.73. The Bertz CT molecular complexity index is 358. The van der Waals surface area contributed by atoms with Gasteiger partial charge in [-0.15, -0.1) is 0 Å². The van der Waals surface area contributed by atoms with Crippen LogP contribution in [0.15, 0.2) is 37.1 Å². The van der Waals surface area contributed by atoms with Gasteiger partial charge in [0.1, 0.15) is 5.92 Å². The standard InChI is InChI=1S/C12H16N2O2/c1-4-6-9(5-2)13-11(15)10-7-8-14(3)12(10)16/h4-6,10H,1-2,7-8H2,3H3,(H,13,15)/b9-6+. The van der Waals surface area contributed by atoms with Crippen LogP contribution in [-0.2, 0) is 9.59 Å². The number of rotatable bonds is 4. The van der Waals surface area contributed by atoms with Gasteiger partial charge in [-0.3, -0.25) is 9.59 Å². The number of likely N-dealkylation sites (tertiary alicyclic amines) is 1. The molecule has 0 spiro atoms. The molecule has 1 fully saturated rings. The Kier molecular flexibility index (Phi) is 4.05. The van der Waals surface area contributed by atoms with E-state index in [0.29, 0.717) is 18.7 Å². The van der Waals surface area contributed by atoms with E-state index in [0.717, 1.165) is 0 Å². The maximum Gasteiger partial charge on any atom is 0.237 e. The SMILES string of the molecule is C=C/C=C(\C=C)NC(=O)C1CCN(C)C1=O. The number of carbonyl (C=O) groups excluding carboxylic acids is 2. The van der Waals surface area contributed by atoms with Gasteiger partial charge < -0.3 is 10.2 Å². The maximum absolute atomic E-state index is 11.8. The number of carbonyl (C=O) groups is 2. The summed E-state index contributed by atoms with van der Waals surface area (Å²) >= 11 is 0. The highest BCUT2D eigenvalue weighted by Crippen LogP contribution is 2.16. The van der Waals surface area contributed by atoms with Crippen LogP contribution in [0.5, 0.6) is 0 Å². The smallest absolute Gasteiger partial charge is 0.237 e. The van der Waals surface area contributed by atoms with Crippen LogP contribution in [0.25, 0.3) is 0 Å². The molecule has 0 bridgehead atoms. The van der Waals surface area contributed by atoms with Crippen LogP contribution in [-0.4, -0.2) is 30.3 Å². The third-order valence-corrected chi connectivity index (χ3v) is 2.53. The lowest BCUT2D eigenvalue weighted by Gasteiger charge is -2.11. The number of nitrogens with one attached hydrogen (secondary N) is 1. The fraction of sp³-hybridized carbons (Fsp3) is 0.333. The Morgan fingerprint density at radius 1 is 1.56 bits per heavy atom. The number of nitrogens with zero attached hydrogens (tertiary/aromatic N) is 1. The summed E-state index contributed by atoms with van der Waals surface area (Å²) in [7, 11) is 1.70. The second-order valence-electron chi connectivity index (χ2n) is 3.65. The zero-order chi connectivity index (χ0) is 12.1. The summed E-state index contributed by atoms with van der Waals surface area (Å²) in [5.41, 5.74) is 0.558. The van der Waals surface area contributed by atoms with Gasteiger partial charge in [-0.1, -0.05) is 19.2 Å². The van der Waals surface area contributed by atoms with Crippen molar-refractivity contribution in [3.63, 3.8) is 0 Å². The van der Waals surface area contributed by atoms with E-state index in [1.165, 1.54) is 6.08 Å². The van der Waals surface area contributed by atoms with Crippen LogP contribution >= 0.6 is 0 Å². The Morgan fingerprint density at radius 3 is 2.69 bits per heavy atom. The van der Waals surface area contributed by atoms with Gasteiger partial charge in [-0.25, -0.2) is 0 Å². The quantitative estimate of drug-likeness (QED) is 0.563. The molecule has 0 radical (unpaired) electrons. The van der Waals surface area contributed by atoms with E-state index in [-0.39, 0.29) is 11.8 Å². The topological polar surface area (TPSA) is 49.4 Å². The molecule has 1 aliphatic rings. The first-order valence-electron chi connectivity index (χ1n) is 5.11. The van der Waals surface area contributed by atoms with Crippen LogP contribution in [0, 0.1) is 5.92 Å². The van der Waals surface area contributed by atoms with Crippen molar-refractivity contribution < 1.29 is 9.59 Å². The van der Waals surface area contributed by atoms with Crippen molar-refractivity contribution in [3.8, 4) is 0 Å². The van der Waals surface area contributed by atoms with Crippen molar-refractivity contribution in [2.24, 2.45) is 5.92 Å². The van der Waals surface area contributed by atoms with E-state index >= 15 is 0 Å². The normalized spacial score (nSPS) is 20.8. The fourth-order valence-corrected chi connectivity index (χ4v) is 1.58. The monoisotopic (exact) mass is 220 g/mol. The van der Waals surface area contributed by atoms with Gasteiger partial charge in [0.2, 0.25) is 11.8 Å². The van der Waals surface area contributed by atoms with Crippen molar-refractivity contribution in [2.45, 2.75) is 6.42 Å². The van der Waals surface area contributed by atoms with E-state index in [1.54, 1.807) is 24.1 Å². The summed E-state index contributed by atoms with van der Waals surface area (Å²) in [5, 5.41) is 2.65. The lowest BCUT2D eigenvalue weighted by Crippen LogP contribution is -2.34. The number of amides is 2. The molecule has 86 valence electrons. The Morgan fingerprint density at radius 2 is 2.25 bits per heavy atom. The van der Waals surface area contributed by atoms with Crippen LogP contribution in [0.3, 0.4) is 0 Å². The molecule has 4 heteroatoms. The second-order valence-corrected chi connectivity index (χ2v) is 3.65. The summed E-state index contributed by atoms with van der Waals surface area (Å²) in [6.07, 6.45) is 5.27. The molecule has 1 atom stereocenters. The minimum Gasteiger partial charge on any atom is -0.345 e. The van der Waals surface area contributed by atoms with Gasteiger partial charge >= 0.3 is 0 Å². The molecule has 1 heterocycles. The molecule has 1 unspecified atom stereocenters. The van der Waals surface area contributed by atoms with Crippen molar-refractivity contribution >= 4 is 11.8 Å². The van der Waals surface area contributed by atoms with Crippen LogP contribution in [0.2, 0.25) is 0 Å². The first kappa shape index (κ1) is 12.2. The molecule has 0 aromatic carbocycles. The molecule has 1 N–H and O–H groups in total. The minimum atomic E-state index is -0.571. The van der Waals surface area contributed by atoms with Gasteiger partial charge in [0.15, 0.2) is 0 Å². The summed E-state index contributed by atoms with van der Waals surface area (Å²) in [4.78, 5) is 24.9. The second kappa shape index (κ2) is 5.30. The van der Waals surface area contributed by atoms with Crippen molar-refractivity contribution in [3.05, 3.63) is 37.1 Å². The molecule has 0 aromatic rings. The summed E-state index contributed by atoms with van der Waals surface area (Å²) in [6, 6.07) is 0. The largest absolute Gasteiger partial charge is 0.345 e. The Labute approximate surface area is 95.3 Å². The zero-order valence-corrected chi connectivity index (χ0v) is 9.40. The van der Waals surface area contributed by atoms with E-state index in [1.807, 2.05) is 0 Å². The highest BCUT2D eigenvalue weighted by Gasteiger charge is 2.34. The zero-order valence-electron chi connectivity index (χ0n) is 9.40. The third-order valence-electron chi connectivity index (χ3n) is 2.53. The summed E-state index contributed by atoms with van der Waals surface area (Å²) < 4.78 is 0. The van der Waals surface area contributed by atoms with Crippen molar-refractivity contribution in [1.82, 2.24) is 10.2 Å². The lowest BCUT2D eigenvalue weighted by atomic mass is 10.1. The number of hydrogen-bond acceptors (Lipinski definition) is 2. The van der Waals surface area contributed by atoms with Gasteiger partial charge in [-0.05, 0) is 18.6 Å². The molecule has 1 saturated heterocycles. The van der Waals surface area contributed by atoms with Gasteiger partial charge in [-0.2, -0.15) is 0 Å². The van der Waals surface area contributed by atoms with E-state index < -0.39 is 5.92 Å². The molecule has 4 nitrogen and oxygen atoms in total. The Hall–Kier alpha value is -1.84. The number of hydrogen-bond donors (Lipinski definition) is 1. The molecular formula is C12H16N2O2. The van der Waals surface area contributed by atoms with Gasteiger partial charge in [0, 0.05) is 19.3 Å². The average Bonchev–Trinajstić information content (AvgIpc) is 2.59. The predicted molar refractivity (Wildman–Crippen MR) is 62.4 cm³/mol. The lowest BCUT2D eigenvalue weighted by molar-refractivity contribution is -0.136. The Balaban J connectivity index is 2.66. The average molecular weight is 220 g/mol. The van der Waals surface area contributed by atoms with E-state index in [2.05, 4.69) is 18.5 Å². The predicted octanol–water partition coefficient (Wildman–Crippen LogP) is 0.837. The van der Waals surface area contributed by atoms with Gasteiger partial charge in [0.05, 0.1) is 0 Å². The fourth-order valence-electron chi connectivity index (χ4n) is 1.58. The first-order valence-corrected chi connectivity index (χ1v) is 5.11. The molecule has 16 heavy (non-hydrogen) atoms.